The minimum absolute atomic E-state index is 0.388. The van der Waals surface area contributed by atoms with Crippen molar-refractivity contribution in [2.75, 3.05) is 13.2 Å². The van der Waals surface area contributed by atoms with Crippen LogP contribution in [0.25, 0.3) is 0 Å². The van der Waals surface area contributed by atoms with Crippen molar-refractivity contribution in [2.24, 2.45) is 5.41 Å². The van der Waals surface area contributed by atoms with Crippen LogP contribution in [0.2, 0.25) is 0 Å². The van der Waals surface area contributed by atoms with E-state index in [-0.39, 0.29) is 0 Å². The fraction of sp³-hybridized carbons (Fsp3) is 0.857. The molecule has 0 aromatic heterocycles. The molecule has 0 radical (unpaired) electrons. The van der Waals surface area contributed by atoms with Crippen LogP contribution >= 0.6 is 0 Å². The van der Waals surface area contributed by atoms with E-state index in [1.54, 1.807) is 0 Å². The van der Waals surface area contributed by atoms with Crippen molar-refractivity contribution in [3.05, 3.63) is 0 Å². The van der Waals surface area contributed by atoms with E-state index in [4.69, 9.17) is 9.84 Å². The van der Waals surface area contributed by atoms with Gasteiger partial charge >= 0.3 is 5.97 Å². The summed E-state index contributed by atoms with van der Waals surface area (Å²) in [6, 6.07) is 0. The minimum atomic E-state index is -0.707. The monoisotopic (exact) mass is 144 g/mol. The van der Waals surface area contributed by atoms with Crippen molar-refractivity contribution >= 4 is 5.97 Å². The summed E-state index contributed by atoms with van der Waals surface area (Å²) in [5.41, 5.74) is -0.504. The first kappa shape index (κ1) is 7.54. The summed E-state index contributed by atoms with van der Waals surface area (Å²) in [6.45, 7) is 2.87. The summed E-state index contributed by atoms with van der Waals surface area (Å²) in [7, 11) is 0. The van der Waals surface area contributed by atoms with Crippen molar-refractivity contribution in [1.82, 2.24) is 0 Å². The zero-order valence-electron chi connectivity index (χ0n) is 6.09. The lowest BCUT2D eigenvalue weighted by Gasteiger charge is -2.07. The molecule has 1 rings (SSSR count). The Morgan fingerprint density at radius 1 is 1.70 bits per heavy atom. The Bertz CT molecular complexity index is 138. The molecule has 0 aliphatic heterocycles. The molecule has 10 heavy (non-hydrogen) atoms. The Morgan fingerprint density at radius 3 is 2.60 bits per heavy atom. The van der Waals surface area contributed by atoms with E-state index in [0.29, 0.717) is 13.2 Å². The second-order valence-corrected chi connectivity index (χ2v) is 2.72. The maximum absolute atomic E-state index is 10.5. The molecule has 0 bridgehead atoms. The van der Waals surface area contributed by atoms with Crippen LogP contribution in [-0.2, 0) is 9.53 Å². The highest BCUT2D eigenvalue weighted by Gasteiger charge is 2.50. The second-order valence-electron chi connectivity index (χ2n) is 2.72. The van der Waals surface area contributed by atoms with Gasteiger partial charge in [0, 0.05) is 6.61 Å². The Morgan fingerprint density at radius 2 is 2.30 bits per heavy atom. The molecule has 0 amide bonds. The maximum Gasteiger partial charge on any atom is 0.311 e. The first-order valence-corrected chi connectivity index (χ1v) is 3.52. The van der Waals surface area contributed by atoms with Gasteiger partial charge < -0.3 is 9.84 Å². The molecule has 58 valence electrons. The number of carboxylic acid groups (broad SMARTS) is 1. The summed E-state index contributed by atoms with van der Waals surface area (Å²) in [6.07, 6.45) is 1.56. The van der Waals surface area contributed by atoms with Gasteiger partial charge in [0.05, 0.1) is 12.0 Å². The van der Waals surface area contributed by atoms with Gasteiger partial charge in [-0.05, 0) is 19.8 Å². The molecule has 3 heteroatoms. The smallest absolute Gasteiger partial charge is 0.311 e. The SMILES string of the molecule is CCOCC1(C(=O)O)CC1. The van der Waals surface area contributed by atoms with E-state index in [2.05, 4.69) is 0 Å². The lowest BCUT2D eigenvalue weighted by Crippen LogP contribution is -2.20. The van der Waals surface area contributed by atoms with Crippen molar-refractivity contribution in [2.45, 2.75) is 19.8 Å². The zero-order valence-corrected chi connectivity index (χ0v) is 6.09. The van der Waals surface area contributed by atoms with Crippen molar-refractivity contribution in [3.8, 4) is 0 Å². The fourth-order valence-corrected chi connectivity index (χ4v) is 0.868. The molecule has 0 aromatic carbocycles. The Kier molecular flexibility index (Phi) is 1.94. The predicted octanol–water partition coefficient (Wildman–Crippen LogP) is 0.888. The topological polar surface area (TPSA) is 46.5 Å². The molecule has 1 fully saturated rings. The largest absolute Gasteiger partial charge is 0.481 e. The number of aliphatic carboxylic acids is 1. The molecule has 1 aliphatic carbocycles. The number of ether oxygens (including phenoxy) is 1. The molecule has 1 saturated carbocycles. The van der Waals surface area contributed by atoms with Gasteiger partial charge in [-0.2, -0.15) is 0 Å². The standard InChI is InChI=1S/C7H12O3/c1-2-10-5-7(3-4-7)6(8)9/h2-5H2,1H3,(H,8,9). The summed E-state index contributed by atoms with van der Waals surface area (Å²) < 4.78 is 5.04. The van der Waals surface area contributed by atoms with Crippen LogP contribution in [0.3, 0.4) is 0 Å². The van der Waals surface area contributed by atoms with Gasteiger partial charge in [-0.25, -0.2) is 0 Å². The molecule has 0 heterocycles. The van der Waals surface area contributed by atoms with Crippen molar-refractivity contribution in [3.63, 3.8) is 0 Å². The molecular weight excluding hydrogens is 132 g/mol. The van der Waals surface area contributed by atoms with Gasteiger partial charge in [-0.3, -0.25) is 4.79 Å². The summed E-state index contributed by atoms with van der Waals surface area (Å²) >= 11 is 0. The Labute approximate surface area is 60.0 Å². The second kappa shape index (κ2) is 2.58. The third-order valence-electron chi connectivity index (χ3n) is 1.89. The van der Waals surface area contributed by atoms with Crippen LogP contribution in [0.15, 0.2) is 0 Å². The molecule has 0 unspecified atom stereocenters. The number of carboxylic acids is 1. The molecule has 0 spiro atoms. The third kappa shape index (κ3) is 1.29. The van der Waals surface area contributed by atoms with Gasteiger partial charge in [0.15, 0.2) is 0 Å². The van der Waals surface area contributed by atoms with E-state index < -0.39 is 11.4 Å². The zero-order chi connectivity index (χ0) is 7.61. The lowest BCUT2D eigenvalue weighted by atomic mass is 10.1. The average Bonchev–Trinajstić information content (AvgIpc) is 2.64. The number of carbonyl (C=O) groups is 1. The molecule has 0 saturated heterocycles. The van der Waals surface area contributed by atoms with Crippen LogP contribution in [0.1, 0.15) is 19.8 Å². The first-order chi connectivity index (χ1) is 4.71. The van der Waals surface area contributed by atoms with Crippen molar-refractivity contribution in [1.29, 1.82) is 0 Å². The highest BCUT2D eigenvalue weighted by Crippen LogP contribution is 2.45. The lowest BCUT2D eigenvalue weighted by molar-refractivity contribution is -0.145. The van der Waals surface area contributed by atoms with Crippen LogP contribution in [-0.4, -0.2) is 24.3 Å². The van der Waals surface area contributed by atoms with E-state index in [0.717, 1.165) is 12.8 Å². The van der Waals surface area contributed by atoms with E-state index >= 15 is 0 Å². The number of hydrogen-bond donors (Lipinski definition) is 1. The van der Waals surface area contributed by atoms with Gasteiger partial charge in [0.1, 0.15) is 0 Å². The number of rotatable bonds is 4. The fourth-order valence-electron chi connectivity index (χ4n) is 0.868. The highest BCUT2D eigenvalue weighted by atomic mass is 16.5. The van der Waals surface area contributed by atoms with Crippen molar-refractivity contribution < 1.29 is 14.6 Å². The summed E-state index contributed by atoms with van der Waals surface area (Å²) in [5.74, 6) is -0.707. The molecular formula is C7H12O3. The van der Waals surface area contributed by atoms with Crippen LogP contribution in [0.4, 0.5) is 0 Å². The molecule has 0 aromatic rings. The maximum atomic E-state index is 10.5. The minimum Gasteiger partial charge on any atom is -0.481 e. The van der Waals surface area contributed by atoms with Gasteiger partial charge in [-0.1, -0.05) is 0 Å². The normalized spacial score (nSPS) is 20.5. The van der Waals surface area contributed by atoms with Gasteiger partial charge in [0.25, 0.3) is 0 Å². The Hall–Kier alpha value is -0.570. The van der Waals surface area contributed by atoms with Crippen LogP contribution < -0.4 is 0 Å². The van der Waals surface area contributed by atoms with E-state index in [1.807, 2.05) is 6.92 Å². The predicted molar refractivity (Wildman–Crippen MR) is 35.8 cm³/mol. The van der Waals surface area contributed by atoms with Gasteiger partial charge in [-0.15, -0.1) is 0 Å². The molecule has 0 atom stereocenters. The van der Waals surface area contributed by atoms with E-state index in [9.17, 15) is 4.79 Å². The quantitative estimate of drug-likeness (QED) is 0.637. The molecule has 1 aliphatic rings. The van der Waals surface area contributed by atoms with Crippen LogP contribution in [0, 0.1) is 5.41 Å². The highest BCUT2D eigenvalue weighted by molar-refractivity contribution is 5.77. The molecule has 3 nitrogen and oxygen atoms in total. The van der Waals surface area contributed by atoms with E-state index in [1.165, 1.54) is 0 Å². The average molecular weight is 144 g/mol. The van der Waals surface area contributed by atoms with Gasteiger partial charge in [0.2, 0.25) is 0 Å². The van der Waals surface area contributed by atoms with Crippen LogP contribution in [0.5, 0.6) is 0 Å². The number of hydrogen-bond acceptors (Lipinski definition) is 2. The molecule has 1 N–H and O–H groups in total. The summed E-state index contributed by atoms with van der Waals surface area (Å²) in [4.78, 5) is 10.5. The first-order valence-electron chi connectivity index (χ1n) is 3.52. The Balaban J connectivity index is 2.31. The summed E-state index contributed by atoms with van der Waals surface area (Å²) in [5, 5.41) is 8.65. The third-order valence-corrected chi connectivity index (χ3v) is 1.89.